The Labute approximate surface area is 126 Å². The van der Waals surface area contributed by atoms with E-state index >= 15 is 0 Å². The van der Waals surface area contributed by atoms with Crippen molar-refractivity contribution < 1.29 is 8.42 Å². The summed E-state index contributed by atoms with van der Waals surface area (Å²) in [5.74, 6) is 0.0448. The number of rotatable bonds is 4. The zero-order valence-electron chi connectivity index (χ0n) is 10.2. The number of pyridine rings is 1. The van der Waals surface area contributed by atoms with Crippen LogP contribution in [0, 0.1) is 0 Å². The van der Waals surface area contributed by atoms with Crippen LogP contribution in [-0.4, -0.2) is 13.4 Å². The Bertz CT molecular complexity index is 735. The van der Waals surface area contributed by atoms with Gasteiger partial charge in [-0.3, -0.25) is 4.72 Å². The molecule has 0 aliphatic heterocycles. The highest BCUT2D eigenvalue weighted by Crippen LogP contribution is 2.26. The summed E-state index contributed by atoms with van der Waals surface area (Å²) in [7, 11) is -3.88. The molecule has 20 heavy (non-hydrogen) atoms. The van der Waals surface area contributed by atoms with E-state index in [1.807, 2.05) is 0 Å². The number of aromatic nitrogens is 1. The first kappa shape index (κ1) is 15.1. The first-order valence-corrected chi connectivity index (χ1v) is 7.80. The lowest BCUT2D eigenvalue weighted by molar-refractivity contribution is 0.601. The highest BCUT2D eigenvalue weighted by atomic mass is 35.5. The molecule has 2 aromatic rings. The monoisotopic (exact) mass is 331 g/mol. The standard InChI is InChI=1S/C12H11Cl2N3O2S/c13-9-4-3-8(7-15)6-11(9)20(18,19)17-12-10(14)2-1-5-16-12/h1-6H,7,15H2,(H,16,17). The van der Waals surface area contributed by atoms with Crippen molar-refractivity contribution >= 4 is 39.0 Å². The zero-order valence-corrected chi connectivity index (χ0v) is 12.5. The lowest BCUT2D eigenvalue weighted by atomic mass is 10.2. The Morgan fingerprint density at radius 1 is 1.20 bits per heavy atom. The van der Waals surface area contributed by atoms with Crippen molar-refractivity contribution in [1.82, 2.24) is 4.98 Å². The molecule has 0 saturated heterocycles. The van der Waals surface area contributed by atoms with Gasteiger partial charge in [0.1, 0.15) is 4.90 Å². The van der Waals surface area contributed by atoms with Crippen molar-refractivity contribution in [3.05, 3.63) is 52.1 Å². The molecule has 0 atom stereocenters. The number of nitrogens with two attached hydrogens (primary N) is 1. The molecule has 0 aliphatic rings. The summed E-state index contributed by atoms with van der Waals surface area (Å²) in [6.07, 6.45) is 1.43. The molecular formula is C12H11Cl2N3O2S. The van der Waals surface area contributed by atoms with Gasteiger partial charge < -0.3 is 5.73 Å². The molecule has 0 amide bonds. The van der Waals surface area contributed by atoms with Gasteiger partial charge >= 0.3 is 0 Å². The van der Waals surface area contributed by atoms with Crippen LogP contribution in [-0.2, 0) is 16.6 Å². The van der Waals surface area contributed by atoms with E-state index in [1.54, 1.807) is 12.1 Å². The lowest BCUT2D eigenvalue weighted by Gasteiger charge is -2.10. The maximum absolute atomic E-state index is 12.3. The molecule has 106 valence electrons. The predicted molar refractivity (Wildman–Crippen MR) is 79.4 cm³/mol. The Kier molecular flexibility index (Phi) is 4.49. The van der Waals surface area contributed by atoms with Gasteiger partial charge in [0.05, 0.1) is 10.0 Å². The largest absolute Gasteiger partial charge is 0.326 e. The first-order chi connectivity index (χ1) is 9.44. The fourth-order valence-corrected chi connectivity index (χ4v) is 3.33. The van der Waals surface area contributed by atoms with Crippen molar-refractivity contribution in [2.75, 3.05) is 4.72 Å². The van der Waals surface area contributed by atoms with E-state index in [1.165, 1.54) is 24.4 Å². The quantitative estimate of drug-likeness (QED) is 0.901. The molecule has 2 rings (SSSR count). The summed E-state index contributed by atoms with van der Waals surface area (Å²) in [5, 5.41) is 0.295. The average Bonchev–Trinajstić information content (AvgIpc) is 2.41. The zero-order chi connectivity index (χ0) is 14.8. The number of sulfonamides is 1. The Hall–Kier alpha value is -1.34. The fraction of sp³-hybridized carbons (Fsp3) is 0.0833. The number of anilines is 1. The lowest BCUT2D eigenvalue weighted by Crippen LogP contribution is -2.15. The molecule has 1 aromatic heterocycles. The first-order valence-electron chi connectivity index (χ1n) is 5.56. The van der Waals surface area contributed by atoms with Crippen LogP contribution in [0.2, 0.25) is 10.0 Å². The maximum atomic E-state index is 12.3. The molecule has 1 heterocycles. The summed E-state index contributed by atoms with van der Waals surface area (Å²) in [6, 6.07) is 7.70. The van der Waals surface area contributed by atoms with Crippen molar-refractivity contribution in [2.45, 2.75) is 11.4 Å². The molecule has 5 nitrogen and oxygen atoms in total. The van der Waals surface area contributed by atoms with Crippen molar-refractivity contribution in [2.24, 2.45) is 5.73 Å². The van der Waals surface area contributed by atoms with E-state index in [9.17, 15) is 8.42 Å². The average molecular weight is 332 g/mol. The van der Waals surface area contributed by atoms with E-state index in [0.29, 0.717) is 5.56 Å². The van der Waals surface area contributed by atoms with Crippen LogP contribution in [0.15, 0.2) is 41.4 Å². The molecule has 0 unspecified atom stereocenters. The second kappa shape index (κ2) is 5.97. The molecule has 0 radical (unpaired) electrons. The van der Waals surface area contributed by atoms with Gasteiger partial charge in [0.25, 0.3) is 10.0 Å². The number of halogens is 2. The Morgan fingerprint density at radius 3 is 2.60 bits per heavy atom. The second-order valence-electron chi connectivity index (χ2n) is 3.91. The van der Waals surface area contributed by atoms with Crippen LogP contribution in [0.3, 0.4) is 0 Å². The SMILES string of the molecule is NCc1ccc(Cl)c(S(=O)(=O)Nc2ncccc2Cl)c1. The van der Waals surface area contributed by atoms with Crippen LogP contribution in [0.25, 0.3) is 0 Å². The van der Waals surface area contributed by atoms with E-state index in [0.717, 1.165) is 0 Å². The summed E-state index contributed by atoms with van der Waals surface area (Å²) in [5.41, 5.74) is 6.15. The predicted octanol–water partition coefficient (Wildman–Crippen LogP) is 2.65. The molecule has 0 saturated carbocycles. The van der Waals surface area contributed by atoms with Gasteiger partial charge in [0.2, 0.25) is 0 Å². The minimum atomic E-state index is -3.88. The maximum Gasteiger partial charge on any atom is 0.264 e. The van der Waals surface area contributed by atoms with Gasteiger partial charge in [-0.05, 0) is 29.8 Å². The normalized spacial score (nSPS) is 11.3. The van der Waals surface area contributed by atoms with Crippen LogP contribution >= 0.6 is 23.2 Å². The van der Waals surface area contributed by atoms with Crippen LogP contribution in [0.4, 0.5) is 5.82 Å². The Balaban J connectivity index is 2.43. The summed E-state index contributed by atoms with van der Waals surface area (Å²) in [4.78, 5) is 3.81. The third kappa shape index (κ3) is 3.21. The number of hydrogen-bond donors (Lipinski definition) is 2. The van der Waals surface area contributed by atoms with Crippen molar-refractivity contribution in [1.29, 1.82) is 0 Å². The molecule has 0 fully saturated rings. The molecular weight excluding hydrogens is 321 g/mol. The van der Waals surface area contributed by atoms with E-state index in [-0.39, 0.29) is 27.3 Å². The number of hydrogen-bond acceptors (Lipinski definition) is 4. The number of nitrogens with one attached hydrogen (secondary N) is 1. The van der Waals surface area contributed by atoms with E-state index in [4.69, 9.17) is 28.9 Å². The second-order valence-corrected chi connectivity index (χ2v) is 6.37. The highest BCUT2D eigenvalue weighted by Gasteiger charge is 2.20. The van der Waals surface area contributed by atoms with Crippen molar-refractivity contribution in [3.8, 4) is 0 Å². The van der Waals surface area contributed by atoms with Crippen molar-refractivity contribution in [3.63, 3.8) is 0 Å². The van der Waals surface area contributed by atoms with Gasteiger partial charge in [-0.2, -0.15) is 0 Å². The molecule has 0 spiro atoms. The molecule has 3 N–H and O–H groups in total. The summed E-state index contributed by atoms with van der Waals surface area (Å²) in [6.45, 7) is 0.212. The topological polar surface area (TPSA) is 85.1 Å². The van der Waals surface area contributed by atoms with Gasteiger partial charge in [-0.25, -0.2) is 13.4 Å². The third-order valence-corrected chi connectivity index (χ3v) is 4.64. The smallest absolute Gasteiger partial charge is 0.264 e. The third-order valence-electron chi connectivity index (χ3n) is 2.51. The highest BCUT2D eigenvalue weighted by molar-refractivity contribution is 7.92. The van der Waals surface area contributed by atoms with Gasteiger partial charge in [-0.1, -0.05) is 29.3 Å². The van der Waals surface area contributed by atoms with Crippen LogP contribution in [0.5, 0.6) is 0 Å². The number of benzene rings is 1. The van der Waals surface area contributed by atoms with Gasteiger partial charge in [-0.15, -0.1) is 0 Å². The minimum Gasteiger partial charge on any atom is -0.326 e. The Morgan fingerprint density at radius 2 is 1.95 bits per heavy atom. The van der Waals surface area contributed by atoms with Gasteiger partial charge in [0.15, 0.2) is 5.82 Å². The number of nitrogens with zero attached hydrogens (tertiary/aromatic N) is 1. The van der Waals surface area contributed by atoms with E-state index in [2.05, 4.69) is 9.71 Å². The summed E-state index contributed by atoms with van der Waals surface area (Å²) >= 11 is 11.8. The summed E-state index contributed by atoms with van der Waals surface area (Å²) < 4.78 is 26.9. The molecule has 1 aromatic carbocycles. The minimum absolute atomic E-state index is 0.0448. The van der Waals surface area contributed by atoms with Crippen LogP contribution < -0.4 is 10.5 Å². The molecule has 0 bridgehead atoms. The van der Waals surface area contributed by atoms with Crippen LogP contribution in [0.1, 0.15) is 5.56 Å². The van der Waals surface area contributed by atoms with Gasteiger partial charge in [0, 0.05) is 12.7 Å². The molecule has 0 aliphatic carbocycles. The molecule has 8 heteroatoms. The fourth-order valence-electron chi connectivity index (χ4n) is 1.52. The van der Waals surface area contributed by atoms with E-state index < -0.39 is 10.0 Å².